The summed E-state index contributed by atoms with van der Waals surface area (Å²) in [6.07, 6.45) is -3.35. The molecule has 1 aromatic heterocycles. The van der Waals surface area contributed by atoms with Crippen molar-refractivity contribution in [2.24, 2.45) is 0 Å². The fourth-order valence-electron chi connectivity index (χ4n) is 1.04. The lowest BCUT2D eigenvalue weighted by Gasteiger charge is -2.21. The van der Waals surface area contributed by atoms with Crippen LogP contribution in [-0.4, -0.2) is 50.8 Å². The fourth-order valence-corrected chi connectivity index (χ4v) is 1.47. The molecule has 0 saturated carbocycles. The zero-order valence-corrected chi connectivity index (χ0v) is 9.55. The monoisotopic (exact) mass is 300 g/mol. The summed E-state index contributed by atoms with van der Waals surface area (Å²) in [4.78, 5) is 12.2. The molecule has 0 fully saturated rings. The molecule has 16 heavy (non-hydrogen) atoms. The molecule has 1 rings (SSSR count). The molecule has 0 aliphatic rings. The normalized spacial score (nSPS) is 11.5. The van der Waals surface area contributed by atoms with Crippen molar-refractivity contribution >= 4 is 21.8 Å². The van der Waals surface area contributed by atoms with Crippen molar-refractivity contribution in [3.63, 3.8) is 0 Å². The number of alkyl halides is 4. The number of amides is 1. The van der Waals surface area contributed by atoms with Gasteiger partial charge in [-0.25, -0.2) is 0 Å². The van der Waals surface area contributed by atoms with E-state index in [4.69, 9.17) is 0 Å². The minimum Gasteiger partial charge on any atom is -0.327 e. The molecular weight excluding hydrogens is 293 g/mol. The van der Waals surface area contributed by atoms with E-state index in [0.29, 0.717) is 4.90 Å². The molecule has 90 valence electrons. The lowest BCUT2D eigenvalue weighted by molar-refractivity contribution is -0.140. The van der Waals surface area contributed by atoms with Crippen molar-refractivity contribution in [1.29, 1.82) is 0 Å². The molecule has 5 nitrogen and oxygen atoms in total. The van der Waals surface area contributed by atoms with Gasteiger partial charge in [-0.3, -0.25) is 4.79 Å². The van der Waals surface area contributed by atoms with Crippen molar-refractivity contribution in [3.8, 4) is 0 Å². The highest BCUT2D eigenvalue weighted by atomic mass is 79.9. The van der Waals surface area contributed by atoms with Crippen LogP contribution in [0.25, 0.3) is 0 Å². The Morgan fingerprint density at radius 3 is 2.69 bits per heavy atom. The van der Waals surface area contributed by atoms with Gasteiger partial charge >= 0.3 is 6.18 Å². The third-order valence-corrected chi connectivity index (χ3v) is 2.00. The average Bonchev–Trinajstić information content (AvgIpc) is 2.66. The second-order valence-corrected chi connectivity index (χ2v) is 3.68. The quantitative estimate of drug-likeness (QED) is 0.850. The molecule has 0 unspecified atom stereocenters. The van der Waals surface area contributed by atoms with E-state index < -0.39 is 18.6 Å². The summed E-state index contributed by atoms with van der Waals surface area (Å²) < 4.78 is 36.5. The predicted molar refractivity (Wildman–Crippen MR) is 52.1 cm³/mol. The van der Waals surface area contributed by atoms with Gasteiger partial charge in [0, 0.05) is 11.9 Å². The summed E-state index contributed by atoms with van der Waals surface area (Å²) in [5, 5.41) is 9.23. The molecule has 1 aromatic rings. The highest BCUT2D eigenvalue weighted by Gasteiger charge is 2.33. The number of H-pyrrole nitrogens is 1. The van der Waals surface area contributed by atoms with Crippen molar-refractivity contribution in [2.75, 3.05) is 18.4 Å². The SMILES string of the molecule is O=C(c1cn[nH]n1)N(CCBr)CC(F)(F)F. The molecule has 9 heteroatoms. The van der Waals surface area contributed by atoms with Crippen LogP contribution in [0.3, 0.4) is 0 Å². The Bertz CT molecular complexity index is 340. The van der Waals surface area contributed by atoms with E-state index in [9.17, 15) is 18.0 Å². The molecule has 0 spiro atoms. The first-order chi connectivity index (χ1) is 7.44. The molecule has 0 aliphatic heterocycles. The van der Waals surface area contributed by atoms with E-state index >= 15 is 0 Å². The van der Waals surface area contributed by atoms with E-state index in [1.165, 1.54) is 0 Å². The van der Waals surface area contributed by atoms with E-state index in [0.717, 1.165) is 6.20 Å². The van der Waals surface area contributed by atoms with Crippen LogP contribution in [0, 0.1) is 0 Å². The van der Waals surface area contributed by atoms with E-state index in [2.05, 4.69) is 31.3 Å². The Labute approximate surface area is 97.1 Å². The Kier molecular flexibility index (Phi) is 4.27. The van der Waals surface area contributed by atoms with Gasteiger partial charge in [0.05, 0.1) is 6.20 Å². The number of nitrogens with one attached hydrogen (secondary N) is 1. The van der Waals surface area contributed by atoms with Gasteiger partial charge < -0.3 is 4.90 Å². The van der Waals surface area contributed by atoms with Crippen LogP contribution in [0.15, 0.2) is 6.20 Å². The molecular formula is C7H8BrF3N4O. The van der Waals surface area contributed by atoms with Gasteiger partial charge in [-0.2, -0.15) is 28.6 Å². The van der Waals surface area contributed by atoms with Crippen LogP contribution in [0.4, 0.5) is 13.2 Å². The molecule has 0 radical (unpaired) electrons. The van der Waals surface area contributed by atoms with Gasteiger partial charge in [0.25, 0.3) is 5.91 Å². The summed E-state index contributed by atoms with van der Waals surface area (Å²) in [6.45, 7) is -1.35. The maximum atomic E-state index is 12.2. The number of halogens is 4. The highest BCUT2D eigenvalue weighted by Crippen LogP contribution is 2.17. The second-order valence-electron chi connectivity index (χ2n) is 2.89. The van der Waals surface area contributed by atoms with E-state index in [-0.39, 0.29) is 17.6 Å². The van der Waals surface area contributed by atoms with Gasteiger partial charge in [0.1, 0.15) is 6.54 Å². The lowest BCUT2D eigenvalue weighted by Crippen LogP contribution is -2.40. The summed E-state index contributed by atoms with van der Waals surface area (Å²) in [5.74, 6) is -0.800. The van der Waals surface area contributed by atoms with Gasteiger partial charge in [0.15, 0.2) is 5.69 Å². The predicted octanol–water partition coefficient (Wildman–Crippen LogP) is 1.20. The number of nitrogens with zero attached hydrogens (tertiary/aromatic N) is 3. The number of hydrogen-bond donors (Lipinski definition) is 1. The van der Waals surface area contributed by atoms with Crippen LogP contribution >= 0.6 is 15.9 Å². The maximum absolute atomic E-state index is 12.2. The summed E-state index contributed by atoms with van der Waals surface area (Å²) in [7, 11) is 0. The van der Waals surface area contributed by atoms with Crippen molar-refractivity contribution in [3.05, 3.63) is 11.9 Å². The minimum atomic E-state index is -4.43. The van der Waals surface area contributed by atoms with Crippen LogP contribution in [0.5, 0.6) is 0 Å². The third-order valence-electron chi connectivity index (χ3n) is 1.65. The number of rotatable bonds is 4. The number of hydrogen-bond acceptors (Lipinski definition) is 3. The molecule has 0 saturated heterocycles. The molecule has 0 bridgehead atoms. The molecule has 1 heterocycles. The Hall–Kier alpha value is -1.12. The van der Waals surface area contributed by atoms with Crippen LogP contribution in [-0.2, 0) is 0 Å². The summed E-state index contributed by atoms with van der Waals surface area (Å²) in [6, 6.07) is 0. The van der Waals surface area contributed by atoms with Crippen molar-refractivity contribution < 1.29 is 18.0 Å². The first-order valence-corrected chi connectivity index (χ1v) is 5.34. The first-order valence-electron chi connectivity index (χ1n) is 4.22. The molecule has 0 aliphatic carbocycles. The Morgan fingerprint density at radius 2 is 2.25 bits per heavy atom. The van der Waals surface area contributed by atoms with Gasteiger partial charge in [-0.15, -0.1) is 0 Å². The Morgan fingerprint density at radius 1 is 1.56 bits per heavy atom. The van der Waals surface area contributed by atoms with Crippen LogP contribution in [0.2, 0.25) is 0 Å². The van der Waals surface area contributed by atoms with E-state index in [1.807, 2.05) is 0 Å². The van der Waals surface area contributed by atoms with Gasteiger partial charge in [-0.1, -0.05) is 15.9 Å². The van der Waals surface area contributed by atoms with Crippen molar-refractivity contribution in [1.82, 2.24) is 20.3 Å². The first kappa shape index (κ1) is 12.9. The zero-order chi connectivity index (χ0) is 12.2. The van der Waals surface area contributed by atoms with Gasteiger partial charge in [-0.05, 0) is 0 Å². The highest BCUT2D eigenvalue weighted by molar-refractivity contribution is 9.09. The van der Waals surface area contributed by atoms with Crippen LogP contribution < -0.4 is 0 Å². The summed E-state index contributed by atoms with van der Waals surface area (Å²) in [5.41, 5.74) is -0.134. The van der Waals surface area contributed by atoms with Crippen molar-refractivity contribution in [2.45, 2.75) is 6.18 Å². The molecule has 0 aromatic carbocycles. The fraction of sp³-hybridized carbons (Fsp3) is 0.571. The number of carbonyl (C=O) groups is 1. The minimum absolute atomic E-state index is 0.0504. The maximum Gasteiger partial charge on any atom is 0.406 e. The number of aromatic nitrogens is 3. The topological polar surface area (TPSA) is 61.9 Å². The molecule has 1 amide bonds. The smallest absolute Gasteiger partial charge is 0.327 e. The molecule has 0 atom stereocenters. The third kappa shape index (κ3) is 3.80. The zero-order valence-electron chi connectivity index (χ0n) is 7.96. The van der Waals surface area contributed by atoms with Gasteiger partial charge in [0.2, 0.25) is 0 Å². The number of carbonyl (C=O) groups excluding carboxylic acids is 1. The standard InChI is InChI=1S/C7H8BrF3N4O/c8-1-2-15(4-7(9,10)11)6(16)5-3-12-14-13-5/h3H,1-2,4H2,(H,12,13,14). The Balaban J connectivity index is 2.74. The summed E-state index contributed by atoms with van der Waals surface area (Å²) >= 11 is 2.98. The number of aromatic amines is 1. The lowest BCUT2D eigenvalue weighted by atomic mass is 10.3. The van der Waals surface area contributed by atoms with E-state index in [1.54, 1.807) is 0 Å². The largest absolute Gasteiger partial charge is 0.406 e. The second kappa shape index (κ2) is 5.28. The average molecular weight is 301 g/mol. The molecule has 1 N–H and O–H groups in total. The van der Waals surface area contributed by atoms with Crippen LogP contribution in [0.1, 0.15) is 10.5 Å².